The van der Waals surface area contributed by atoms with Gasteiger partial charge in [0.15, 0.2) is 0 Å². The molecular formula is C12H21N3. The van der Waals surface area contributed by atoms with E-state index in [1.165, 1.54) is 0 Å². The summed E-state index contributed by atoms with van der Waals surface area (Å²) >= 11 is 0. The average molecular weight is 207 g/mol. The van der Waals surface area contributed by atoms with Gasteiger partial charge in [0.05, 0.1) is 11.4 Å². The third-order valence-electron chi connectivity index (χ3n) is 1.90. The van der Waals surface area contributed by atoms with Gasteiger partial charge in [-0.1, -0.05) is 32.1 Å². The van der Waals surface area contributed by atoms with E-state index in [9.17, 15) is 0 Å². The van der Waals surface area contributed by atoms with Gasteiger partial charge < -0.3 is 16.8 Å². The maximum Gasteiger partial charge on any atom is 0.0740 e. The maximum absolute atomic E-state index is 5.80. The molecule has 3 nitrogen and oxygen atoms in total. The van der Waals surface area contributed by atoms with Crippen molar-refractivity contribution in [1.29, 1.82) is 0 Å². The van der Waals surface area contributed by atoms with Gasteiger partial charge in [0.2, 0.25) is 0 Å². The SMILES string of the molecule is C=CN/C(C)=C(N)/C(N)=C\C=C\CCC. The van der Waals surface area contributed by atoms with E-state index in [0.29, 0.717) is 11.4 Å². The number of unbranched alkanes of at least 4 members (excludes halogenated alkanes) is 1. The van der Waals surface area contributed by atoms with E-state index in [-0.39, 0.29) is 0 Å². The minimum absolute atomic E-state index is 0.552. The van der Waals surface area contributed by atoms with Gasteiger partial charge in [0.1, 0.15) is 0 Å². The summed E-state index contributed by atoms with van der Waals surface area (Å²) < 4.78 is 0. The minimum atomic E-state index is 0.552. The molecular weight excluding hydrogens is 186 g/mol. The molecule has 0 aliphatic carbocycles. The Kier molecular flexibility index (Phi) is 6.89. The Morgan fingerprint density at radius 2 is 2.07 bits per heavy atom. The summed E-state index contributed by atoms with van der Waals surface area (Å²) in [5.74, 6) is 0. The van der Waals surface area contributed by atoms with Crippen molar-refractivity contribution in [3.05, 3.63) is 48.1 Å². The quantitative estimate of drug-likeness (QED) is 0.584. The van der Waals surface area contributed by atoms with Gasteiger partial charge in [0, 0.05) is 5.70 Å². The highest BCUT2D eigenvalue weighted by molar-refractivity contribution is 5.32. The Morgan fingerprint density at radius 3 is 2.60 bits per heavy atom. The van der Waals surface area contributed by atoms with Gasteiger partial charge >= 0.3 is 0 Å². The van der Waals surface area contributed by atoms with Crippen LogP contribution < -0.4 is 16.8 Å². The summed E-state index contributed by atoms with van der Waals surface area (Å²) in [5.41, 5.74) is 13.5. The van der Waals surface area contributed by atoms with Crippen LogP contribution in [-0.2, 0) is 0 Å². The predicted octanol–water partition coefficient (Wildman–Crippen LogP) is 2.11. The third-order valence-corrected chi connectivity index (χ3v) is 1.90. The van der Waals surface area contributed by atoms with E-state index < -0.39 is 0 Å². The first-order valence-corrected chi connectivity index (χ1v) is 5.09. The van der Waals surface area contributed by atoms with Crippen molar-refractivity contribution in [2.45, 2.75) is 26.7 Å². The Bertz CT molecular complexity index is 285. The minimum Gasteiger partial charge on any atom is -0.397 e. The molecule has 0 rings (SSSR count). The monoisotopic (exact) mass is 207 g/mol. The first-order chi connectivity index (χ1) is 7.13. The molecule has 0 unspecified atom stereocenters. The van der Waals surface area contributed by atoms with E-state index in [1.54, 1.807) is 12.3 Å². The average Bonchev–Trinajstić information content (AvgIpc) is 2.23. The Balaban J connectivity index is 4.48. The highest BCUT2D eigenvalue weighted by Gasteiger charge is 1.97. The zero-order chi connectivity index (χ0) is 11.7. The van der Waals surface area contributed by atoms with Crippen LogP contribution in [0.3, 0.4) is 0 Å². The molecule has 0 heterocycles. The van der Waals surface area contributed by atoms with Crippen LogP contribution in [0.1, 0.15) is 26.7 Å². The summed E-state index contributed by atoms with van der Waals surface area (Å²) in [6, 6.07) is 0. The molecule has 0 bridgehead atoms. The molecule has 0 aromatic rings. The van der Waals surface area contributed by atoms with E-state index in [0.717, 1.165) is 18.5 Å². The summed E-state index contributed by atoms with van der Waals surface area (Å²) in [6.07, 6.45) is 9.55. The van der Waals surface area contributed by atoms with Crippen LogP contribution in [0.15, 0.2) is 48.1 Å². The normalized spacial score (nSPS) is 13.9. The zero-order valence-electron chi connectivity index (χ0n) is 9.59. The Labute approximate surface area is 92.2 Å². The molecule has 0 atom stereocenters. The third kappa shape index (κ3) is 5.62. The van der Waals surface area contributed by atoms with Crippen molar-refractivity contribution in [3.63, 3.8) is 0 Å². The van der Waals surface area contributed by atoms with Crippen LogP contribution in [0, 0.1) is 0 Å². The highest BCUT2D eigenvalue weighted by atomic mass is 14.9. The fraction of sp³-hybridized carbons (Fsp3) is 0.333. The molecule has 0 aliphatic rings. The lowest BCUT2D eigenvalue weighted by Gasteiger charge is -2.06. The lowest BCUT2D eigenvalue weighted by Crippen LogP contribution is -2.16. The first-order valence-electron chi connectivity index (χ1n) is 5.09. The van der Waals surface area contributed by atoms with Gasteiger partial charge in [-0.05, 0) is 25.6 Å². The van der Waals surface area contributed by atoms with Crippen molar-refractivity contribution < 1.29 is 0 Å². The Hall–Kier alpha value is -1.64. The van der Waals surface area contributed by atoms with Crippen molar-refractivity contribution in [2.24, 2.45) is 11.5 Å². The van der Waals surface area contributed by atoms with Crippen LogP contribution in [0.25, 0.3) is 0 Å². The molecule has 5 N–H and O–H groups in total. The molecule has 0 aromatic carbocycles. The fourth-order valence-corrected chi connectivity index (χ4v) is 0.972. The van der Waals surface area contributed by atoms with Gasteiger partial charge in [-0.25, -0.2) is 0 Å². The maximum atomic E-state index is 5.80. The van der Waals surface area contributed by atoms with E-state index in [2.05, 4.69) is 24.9 Å². The second kappa shape index (κ2) is 7.74. The lowest BCUT2D eigenvalue weighted by molar-refractivity contribution is 0.958. The van der Waals surface area contributed by atoms with E-state index in [4.69, 9.17) is 11.5 Å². The van der Waals surface area contributed by atoms with Gasteiger partial charge in [-0.2, -0.15) is 0 Å². The molecule has 0 fully saturated rings. The van der Waals surface area contributed by atoms with Gasteiger partial charge in [0.25, 0.3) is 0 Å². The summed E-state index contributed by atoms with van der Waals surface area (Å²) in [7, 11) is 0. The topological polar surface area (TPSA) is 64.1 Å². The van der Waals surface area contributed by atoms with Crippen LogP contribution in [-0.4, -0.2) is 0 Å². The lowest BCUT2D eigenvalue weighted by atomic mass is 10.2. The first kappa shape index (κ1) is 13.4. The molecule has 0 amide bonds. The predicted molar refractivity (Wildman–Crippen MR) is 66.5 cm³/mol. The largest absolute Gasteiger partial charge is 0.397 e. The number of nitrogens with two attached hydrogens (primary N) is 2. The highest BCUT2D eigenvalue weighted by Crippen LogP contribution is 2.02. The molecule has 15 heavy (non-hydrogen) atoms. The molecule has 0 saturated heterocycles. The van der Waals surface area contributed by atoms with E-state index >= 15 is 0 Å². The fourth-order valence-electron chi connectivity index (χ4n) is 0.972. The molecule has 84 valence electrons. The van der Waals surface area contributed by atoms with Gasteiger partial charge in [-0.15, -0.1) is 0 Å². The number of hydrogen-bond acceptors (Lipinski definition) is 3. The van der Waals surface area contributed by atoms with Gasteiger partial charge in [-0.3, -0.25) is 0 Å². The van der Waals surface area contributed by atoms with Crippen LogP contribution >= 0.6 is 0 Å². The summed E-state index contributed by atoms with van der Waals surface area (Å²) in [6.45, 7) is 7.54. The van der Waals surface area contributed by atoms with Crippen LogP contribution in [0.4, 0.5) is 0 Å². The molecule has 0 radical (unpaired) electrons. The Morgan fingerprint density at radius 1 is 1.40 bits per heavy atom. The van der Waals surface area contributed by atoms with Crippen molar-refractivity contribution in [3.8, 4) is 0 Å². The summed E-state index contributed by atoms with van der Waals surface area (Å²) in [4.78, 5) is 0. The second-order valence-corrected chi connectivity index (χ2v) is 3.23. The summed E-state index contributed by atoms with van der Waals surface area (Å²) in [5, 5.41) is 2.90. The van der Waals surface area contributed by atoms with Crippen LogP contribution in [0.2, 0.25) is 0 Å². The molecule has 0 aliphatic heterocycles. The number of rotatable bonds is 6. The zero-order valence-corrected chi connectivity index (χ0v) is 9.59. The number of nitrogens with one attached hydrogen (secondary N) is 1. The standard InChI is InChI=1S/C12H21N3/c1-4-6-7-8-9-11(13)12(14)10(3)15-5-2/h5,7-9,15H,2,4,6,13-14H2,1,3H3/b8-7+,11-9+,12-10-. The molecule has 3 heteroatoms. The smallest absolute Gasteiger partial charge is 0.0740 e. The van der Waals surface area contributed by atoms with E-state index in [1.807, 2.05) is 13.0 Å². The molecule has 0 saturated carbocycles. The molecule has 0 aromatic heterocycles. The molecule has 0 spiro atoms. The van der Waals surface area contributed by atoms with Crippen LogP contribution in [0.5, 0.6) is 0 Å². The van der Waals surface area contributed by atoms with Crippen molar-refractivity contribution >= 4 is 0 Å². The number of hydrogen-bond donors (Lipinski definition) is 3. The van der Waals surface area contributed by atoms with Crippen molar-refractivity contribution in [2.75, 3.05) is 0 Å². The second-order valence-electron chi connectivity index (χ2n) is 3.23. The van der Waals surface area contributed by atoms with Crippen molar-refractivity contribution in [1.82, 2.24) is 5.32 Å². The number of allylic oxidation sites excluding steroid dienone is 4.